The van der Waals surface area contributed by atoms with Gasteiger partial charge in [0.15, 0.2) is 0 Å². The van der Waals surface area contributed by atoms with E-state index in [1.807, 2.05) is 0 Å². The molecule has 2 aliphatic carbocycles. The lowest BCUT2D eigenvalue weighted by Crippen LogP contribution is -2.14. The molecule has 0 unspecified atom stereocenters. The first kappa shape index (κ1) is 11.9. The van der Waals surface area contributed by atoms with E-state index in [-0.39, 0.29) is 0 Å². The molecule has 2 N–H and O–H groups in total. The van der Waals surface area contributed by atoms with Gasteiger partial charge in [0.25, 0.3) is 0 Å². The fraction of sp³-hybridized carbons (Fsp3) is 0.786. The van der Waals surface area contributed by atoms with Crippen LogP contribution in [-0.4, -0.2) is 15.0 Å². The molecule has 0 radical (unpaired) electrons. The van der Waals surface area contributed by atoms with Gasteiger partial charge in [0.1, 0.15) is 11.6 Å². The molecule has 18 heavy (non-hydrogen) atoms. The van der Waals surface area contributed by atoms with Crippen molar-refractivity contribution in [3.63, 3.8) is 0 Å². The predicted molar refractivity (Wildman–Crippen MR) is 71.3 cm³/mol. The number of rotatable bonds is 2. The minimum atomic E-state index is 0.424. The molecule has 2 fully saturated rings. The molecule has 4 heteroatoms. The van der Waals surface area contributed by atoms with Gasteiger partial charge >= 0.3 is 0 Å². The molecule has 98 valence electrons. The number of nitrogens with zero attached hydrogens (tertiary/aromatic N) is 3. The molecule has 0 spiro atoms. The average Bonchev–Trinajstić information content (AvgIpc) is 2.93. The van der Waals surface area contributed by atoms with Crippen molar-refractivity contribution in [2.45, 2.75) is 69.6 Å². The van der Waals surface area contributed by atoms with Gasteiger partial charge in [-0.2, -0.15) is 9.97 Å². The lowest BCUT2D eigenvalue weighted by atomic mass is 9.88. The summed E-state index contributed by atoms with van der Waals surface area (Å²) in [6.07, 6.45) is 11.4. The molecule has 2 aliphatic rings. The van der Waals surface area contributed by atoms with E-state index < -0.39 is 0 Å². The van der Waals surface area contributed by atoms with E-state index in [0.717, 1.165) is 11.6 Å². The monoisotopic (exact) mass is 246 g/mol. The van der Waals surface area contributed by atoms with E-state index in [4.69, 9.17) is 10.7 Å². The van der Waals surface area contributed by atoms with Crippen LogP contribution >= 0.6 is 0 Å². The Kier molecular flexibility index (Phi) is 3.43. The van der Waals surface area contributed by atoms with Crippen LogP contribution in [0.3, 0.4) is 0 Å². The smallest absolute Gasteiger partial charge is 0.223 e. The maximum absolute atomic E-state index is 5.87. The van der Waals surface area contributed by atoms with Gasteiger partial charge in [-0.15, -0.1) is 0 Å². The number of nitrogen functional groups attached to an aromatic ring is 1. The van der Waals surface area contributed by atoms with Crippen molar-refractivity contribution in [1.82, 2.24) is 15.0 Å². The number of hydrogen-bond acceptors (Lipinski definition) is 4. The van der Waals surface area contributed by atoms with Crippen molar-refractivity contribution in [1.29, 1.82) is 0 Å². The Labute approximate surface area is 108 Å². The van der Waals surface area contributed by atoms with Crippen LogP contribution in [0, 0.1) is 0 Å². The first-order valence-electron chi connectivity index (χ1n) is 7.34. The largest absolute Gasteiger partial charge is 0.368 e. The normalized spacial score (nSPS) is 22.4. The third-order valence-corrected chi connectivity index (χ3v) is 4.38. The summed E-state index contributed by atoms with van der Waals surface area (Å²) in [6, 6.07) is 0. The number of hydrogen-bond donors (Lipinski definition) is 1. The van der Waals surface area contributed by atoms with E-state index in [1.54, 1.807) is 0 Å². The summed E-state index contributed by atoms with van der Waals surface area (Å²) < 4.78 is 0. The Morgan fingerprint density at radius 3 is 1.61 bits per heavy atom. The van der Waals surface area contributed by atoms with Gasteiger partial charge < -0.3 is 5.73 Å². The second-order valence-electron chi connectivity index (χ2n) is 5.73. The highest BCUT2D eigenvalue weighted by Gasteiger charge is 2.24. The summed E-state index contributed by atoms with van der Waals surface area (Å²) in [5.41, 5.74) is 5.87. The Hall–Kier alpha value is -1.19. The zero-order valence-electron chi connectivity index (χ0n) is 10.9. The molecule has 1 aromatic heterocycles. The molecule has 1 aromatic rings. The van der Waals surface area contributed by atoms with E-state index in [2.05, 4.69) is 9.97 Å². The standard InChI is InChI=1S/C14H22N4/c15-14-17-12(10-6-2-1-3-7-10)16-13(18-14)11-8-4-5-9-11/h10-11H,1-9H2,(H2,15,16,17,18). The second kappa shape index (κ2) is 5.21. The zero-order valence-corrected chi connectivity index (χ0v) is 10.9. The Morgan fingerprint density at radius 2 is 1.11 bits per heavy atom. The van der Waals surface area contributed by atoms with Crippen LogP contribution in [0.2, 0.25) is 0 Å². The Morgan fingerprint density at radius 1 is 0.667 bits per heavy atom. The third kappa shape index (κ3) is 2.47. The maximum Gasteiger partial charge on any atom is 0.223 e. The molecule has 1 heterocycles. The predicted octanol–water partition coefficient (Wildman–Crippen LogP) is 3.16. The van der Waals surface area contributed by atoms with Crippen molar-refractivity contribution >= 4 is 5.95 Å². The molecule has 0 saturated heterocycles. The molecule has 0 bridgehead atoms. The summed E-state index contributed by atoms with van der Waals surface area (Å²) in [5.74, 6) is 3.39. The molecule has 2 saturated carbocycles. The summed E-state index contributed by atoms with van der Waals surface area (Å²) in [4.78, 5) is 13.5. The molecule has 0 aromatic carbocycles. The van der Waals surface area contributed by atoms with E-state index in [0.29, 0.717) is 17.8 Å². The molecule has 3 rings (SSSR count). The quantitative estimate of drug-likeness (QED) is 0.870. The van der Waals surface area contributed by atoms with Gasteiger partial charge in [-0.3, -0.25) is 0 Å². The Balaban J connectivity index is 1.84. The molecule has 0 amide bonds. The number of anilines is 1. The lowest BCUT2D eigenvalue weighted by molar-refractivity contribution is 0.425. The summed E-state index contributed by atoms with van der Waals surface area (Å²) in [6.45, 7) is 0. The third-order valence-electron chi connectivity index (χ3n) is 4.38. The molecule has 4 nitrogen and oxygen atoms in total. The van der Waals surface area contributed by atoms with Crippen LogP contribution in [0.15, 0.2) is 0 Å². The second-order valence-corrected chi connectivity index (χ2v) is 5.73. The van der Waals surface area contributed by atoms with Crippen molar-refractivity contribution < 1.29 is 0 Å². The Bertz CT molecular complexity index is 406. The summed E-state index contributed by atoms with van der Waals surface area (Å²) >= 11 is 0. The van der Waals surface area contributed by atoms with Crippen molar-refractivity contribution in [3.05, 3.63) is 11.6 Å². The maximum atomic E-state index is 5.87. The SMILES string of the molecule is Nc1nc(C2CCCCC2)nc(C2CCCC2)n1. The topological polar surface area (TPSA) is 64.7 Å². The van der Waals surface area contributed by atoms with Crippen molar-refractivity contribution in [2.24, 2.45) is 0 Å². The van der Waals surface area contributed by atoms with E-state index in [1.165, 1.54) is 57.8 Å². The van der Waals surface area contributed by atoms with Crippen LogP contribution in [0.5, 0.6) is 0 Å². The molecular weight excluding hydrogens is 224 g/mol. The van der Waals surface area contributed by atoms with Gasteiger partial charge in [0, 0.05) is 11.8 Å². The van der Waals surface area contributed by atoms with Crippen molar-refractivity contribution in [3.8, 4) is 0 Å². The lowest BCUT2D eigenvalue weighted by Gasteiger charge is -2.21. The van der Waals surface area contributed by atoms with Crippen molar-refractivity contribution in [2.75, 3.05) is 5.73 Å². The minimum absolute atomic E-state index is 0.424. The number of nitrogens with two attached hydrogens (primary N) is 1. The van der Waals surface area contributed by atoms with Gasteiger partial charge in [-0.05, 0) is 25.7 Å². The summed E-state index contributed by atoms with van der Waals surface area (Å²) in [5, 5.41) is 0. The molecular formula is C14H22N4. The molecule has 0 atom stereocenters. The summed E-state index contributed by atoms with van der Waals surface area (Å²) in [7, 11) is 0. The van der Waals surface area contributed by atoms with Crippen LogP contribution in [-0.2, 0) is 0 Å². The van der Waals surface area contributed by atoms with E-state index >= 15 is 0 Å². The highest BCUT2D eigenvalue weighted by atomic mass is 15.1. The van der Waals surface area contributed by atoms with Gasteiger partial charge in [-0.1, -0.05) is 32.1 Å². The highest BCUT2D eigenvalue weighted by Crippen LogP contribution is 2.34. The fourth-order valence-corrected chi connectivity index (χ4v) is 3.34. The first-order valence-corrected chi connectivity index (χ1v) is 7.34. The highest BCUT2D eigenvalue weighted by molar-refractivity contribution is 5.19. The first-order chi connectivity index (χ1) is 8.83. The van der Waals surface area contributed by atoms with Gasteiger partial charge in [-0.25, -0.2) is 4.98 Å². The van der Waals surface area contributed by atoms with Crippen LogP contribution < -0.4 is 5.73 Å². The minimum Gasteiger partial charge on any atom is -0.368 e. The number of aromatic nitrogens is 3. The van der Waals surface area contributed by atoms with Gasteiger partial charge in [0.2, 0.25) is 5.95 Å². The van der Waals surface area contributed by atoms with Crippen LogP contribution in [0.25, 0.3) is 0 Å². The van der Waals surface area contributed by atoms with Crippen LogP contribution in [0.1, 0.15) is 81.3 Å². The van der Waals surface area contributed by atoms with Gasteiger partial charge in [0.05, 0.1) is 0 Å². The zero-order chi connectivity index (χ0) is 12.4. The van der Waals surface area contributed by atoms with Crippen LogP contribution in [0.4, 0.5) is 5.95 Å². The fourth-order valence-electron chi connectivity index (χ4n) is 3.34. The van der Waals surface area contributed by atoms with E-state index in [9.17, 15) is 0 Å². The molecule has 0 aliphatic heterocycles. The average molecular weight is 246 g/mol.